The molecular weight excluding hydrogens is 332 g/mol. The highest BCUT2D eigenvalue weighted by Crippen LogP contribution is 2.26. The first kappa shape index (κ1) is 17.7. The van der Waals surface area contributed by atoms with Crippen LogP contribution >= 0.6 is 0 Å². The molecule has 0 aromatic heterocycles. The Bertz CT molecular complexity index is 843. The minimum atomic E-state index is -1.24. The largest absolute Gasteiger partial charge is 0.489 e. The zero-order valence-electron chi connectivity index (χ0n) is 14.9. The summed E-state index contributed by atoms with van der Waals surface area (Å²) >= 11 is 0. The van der Waals surface area contributed by atoms with Crippen LogP contribution in [0.2, 0.25) is 0 Å². The van der Waals surface area contributed by atoms with E-state index in [9.17, 15) is 9.59 Å². The van der Waals surface area contributed by atoms with E-state index in [0.717, 1.165) is 16.7 Å². The summed E-state index contributed by atoms with van der Waals surface area (Å²) in [5.74, 6) is -1.90. The van der Waals surface area contributed by atoms with Crippen LogP contribution in [0.4, 0.5) is 0 Å². The average Bonchev–Trinajstić information content (AvgIpc) is 2.58. The van der Waals surface area contributed by atoms with E-state index < -0.39 is 17.7 Å². The lowest BCUT2D eigenvalue weighted by Crippen LogP contribution is -2.41. The van der Waals surface area contributed by atoms with Crippen LogP contribution in [0.25, 0.3) is 6.08 Å². The third-order valence-corrected chi connectivity index (χ3v) is 3.91. The zero-order chi connectivity index (χ0) is 18.7. The van der Waals surface area contributed by atoms with E-state index in [4.69, 9.17) is 14.2 Å². The predicted octanol–water partition coefficient (Wildman–Crippen LogP) is 3.79. The van der Waals surface area contributed by atoms with E-state index in [-0.39, 0.29) is 5.57 Å². The van der Waals surface area contributed by atoms with Crippen molar-refractivity contribution in [3.63, 3.8) is 0 Å². The van der Waals surface area contributed by atoms with Crippen molar-refractivity contribution in [2.45, 2.75) is 33.2 Å². The van der Waals surface area contributed by atoms with Crippen molar-refractivity contribution in [2.24, 2.45) is 0 Å². The minimum Gasteiger partial charge on any atom is -0.489 e. The van der Waals surface area contributed by atoms with Crippen LogP contribution in [0.5, 0.6) is 5.75 Å². The van der Waals surface area contributed by atoms with Gasteiger partial charge in [-0.05, 0) is 41.8 Å². The van der Waals surface area contributed by atoms with Gasteiger partial charge in [-0.25, -0.2) is 9.59 Å². The summed E-state index contributed by atoms with van der Waals surface area (Å²) in [6, 6.07) is 15.3. The van der Waals surface area contributed by atoms with Gasteiger partial charge in [-0.1, -0.05) is 36.4 Å². The Morgan fingerprint density at radius 1 is 1.00 bits per heavy atom. The second-order valence-electron chi connectivity index (χ2n) is 6.53. The molecule has 0 radical (unpaired) electrons. The van der Waals surface area contributed by atoms with Gasteiger partial charge in [-0.3, -0.25) is 0 Å². The van der Waals surface area contributed by atoms with E-state index in [1.807, 2.05) is 43.3 Å². The van der Waals surface area contributed by atoms with Gasteiger partial charge in [0.25, 0.3) is 5.79 Å². The van der Waals surface area contributed by atoms with Crippen LogP contribution in [0.3, 0.4) is 0 Å². The Hall–Kier alpha value is -3.08. The fourth-order valence-corrected chi connectivity index (χ4v) is 2.57. The van der Waals surface area contributed by atoms with Gasteiger partial charge in [0, 0.05) is 13.8 Å². The van der Waals surface area contributed by atoms with Crippen molar-refractivity contribution in [3.8, 4) is 5.75 Å². The summed E-state index contributed by atoms with van der Waals surface area (Å²) < 4.78 is 16.0. The maximum absolute atomic E-state index is 12.0. The molecule has 0 bridgehead atoms. The molecular formula is C21H20O5. The molecule has 2 aromatic carbocycles. The molecule has 0 spiro atoms. The molecule has 0 amide bonds. The standard InChI is InChI=1S/C21H20O5/c1-14-11-17(24-13-15-7-5-4-6-8-15)10-9-16(14)12-18-19(22)25-21(2,3)26-20(18)23/h4-12H,13H2,1-3H3. The molecule has 1 saturated heterocycles. The van der Waals surface area contributed by atoms with Crippen molar-refractivity contribution < 1.29 is 23.8 Å². The Morgan fingerprint density at radius 2 is 1.65 bits per heavy atom. The van der Waals surface area contributed by atoms with E-state index >= 15 is 0 Å². The fourth-order valence-electron chi connectivity index (χ4n) is 2.57. The molecule has 0 unspecified atom stereocenters. The monoisotopic (exact) mass is 352 g/mol. The SMILES string of the molecule is Cc1cc(OCc2ccccc2)ccc1C=C1C(=O)OC(C)(C)OC1=O. The Kier molecular flexibility index (Phi) is 4.80. The molecule has 5 nitrogen and oxygen atoms in total. The van der Waals surface area contributed by atoms with Gasteiger partial charge < -0.3 is 14.2 Å². The molecule has 134 valence electrons. The van der Waals surface area contributed by atoms with Gasteiger partial charge in [-0.2, -0.15) is 0 Å². The van der Waals surface area contributed by atoms with E-state index in [1.165, 1.54) is 19.9 Å². The normalized spacial score (nSPS) is 15.9. The molecule has 0 aliphatic carbocycles. The number of esters is 2. The van der Waals surface area contributed by atoms with Crippen molar-refractivity contribution in [1.82, 2.24) is 0 Å². The molecule has 1 aliphatic heterocycles. The minimum absolute atomic E-state index is 0.120. The second kappa shape index (κ2) is 7.04. The van der Waals surface area contributed by atoms with Crippen LogP contribution in [-0.2, 0) is 25.7 Å². The first-order valence-electron chi connectivity index (χ1n) is 8.30. The summed E-state index contributed by atoms with van der Waals surface area (Å²) in [7, 11) is 0. The highest BCUT2D eigenvalue weighted by atomic mass is 16.7. The smallest absolute Gasteiger partial charge is 0.348 e. The number of aryl methyl sites for hydroxylation is 1. The highest BCUT2D eigenvalue weighted by Gasteiger charge is 2.38. The van der Waals surface area contributed by atoms with Gasteiger partial charge in [0.1, 0.15) is 17.9 Å². The number of hydrogen-bond acceptors (Lipinski definition) is 5. The van der Waals surface area contributed by atoms with E-state index in [2.05, 4.69) is 0 Å². The van der Waals surface area contributed by atoms with E-state index in [0.29, 0.717) is 12.4 Å². The molecule has 3 rings (SSSR count). The van der Waals surface area contributed by atoms with Crippen LogP contribution in [0.15, 0.2) is 54.1 Å². The quantitative estimate of drug-likeness (QED) is 0.476. The van der Waals surface area contributed by atoms with Gasteiger partial charge in [-0.15, -0.1) is 0 Å². The molecule has 0 atom stereocenters. The summed E-state index contributed by atoms with van der Waals surface area (Å²) in [6.07, 6.45) is 1.48. The lowest BCUT2D eigenvalue weighted by atomic mass is 10.0. The number of ether oxygens (including phenoxy) is 3. The van der Waals surface area contributed by atoms with Crippen LogP contribution in [-0.4, -0.2) is 17.7 Å². The van der Waals surface area contributed by atoms with Gasteiger partial charge >= 0.3 is 11.9 Å². The maximum Gasteiger partial charge on any atom is 0.348 e. The molecule has 1 aliphatic rings. The van der Waals surface area contributed by atoms with Crippen LogP contribution in [0, 0.1) is 6.92 Å². The molecule has 1 heterocycles. The Morgan fingerprint density at radius 3 is 2.27 bits per heavy atom. The number of carbonyl (C=O) groups is 2. The summed E-state index contributed by atoms with van der Waals surface area (Å²) in [5, 5.41) is 0. The van der Waals surface area contributed by atoms with Crippen LogP contribution < -0.4 is 4.74 Å². The Balaban J connectivity index is 1.75. The topological polar surface area (TPSA) is 61.8 Å². The predicted molar refractivity (Wildman–Crippen MR) is 96.2 cm³/mol. The van der Waals surface area contributed by atoms with Gasteiger partial charge in [0.15, 0.2) is 0 Å². The first-order chi connectivity index (χ1) is 12.3. The molecule has 1 fully saturated rings. The molecule has 0 N–H and O–H groups in total. The van der Waals surface area contributed by atoms with Crippen molar-refractivity contribution >= 4 is 18.0 Å². The maximum atomic E-state index is 12.0. The number of benzene rings is 2. The molecule has 26 heavy (non-hydrogen) atoms. The Labute approximate surface area is 152 Å². The van der Waals surface area contributed by atoms with E-state index in [1.54, 1.807) is 12.1 Å². The first-order valence-corrected chi connectivity index (χ1v) is 8.30. The molecule has 5 heteroatoms. The third-order valence-electron chi connectivity index (χ3n) is 3.91. The second-order valence-corrected chi connectivity index (χ2v) is 6.53. The van der Waals surface area contributed by atoms with Gasteiger partial charge in [0.2, 0.25) is 0 Å². The molecule has 0 saturated carbocycles. The number of carbonyl (C=O) groups excluding carboxylic acids is 2. The number of hydrogen-bond donors (Lipinski definition) is 0. The fraction of sp³-hybridized carbons (Fsp3) is 0.238. The zero-order valence-corrected chi connectivity index (χ0v) is 14.9. The molecule has 2 aromatic rings. The summed E-state index contributed by atoms with van der Waals surface area (Å²) in [5.41, 5.74) is 2.55. The van der Waals surface area contributed by atoms with Crippen molar-refractivity contribution in [2.75, 3.05) is 0 Å². The van der Waals surface area contributed by atoms with Gasteiger partial charge in [0.05, 0.1) is 0 Å². The third kappa shape index (κ3) is 4.11. The number of rotatable bonds is 4. The lowest BCUT2D eigenvalue weighted by molar-refractivity contribution is -0.222. The van der Waals surface area contributed by atoms with Crippen molar-refractivity contribution in [3.05, 3.63) is 70.8 Å². The summed E-state index contributed by atoms with van der Waals surface area (Å²) in [6.45, 7) is 5.38. The highest BCUT2D eigenvalue weighted by molar-refractivity contribution is 6.18. The number of cyclic esters (lactones) is 2. The lowest BCUT2D eigenvalue weighted by Gasteiger charge is -2.29. The van der Waals surface area contributed by atoms with Crippen LogP contribution in [0.1, 0.15) is 30.5 Å². The summed E-state index contributed by atoms with van der Waals surface area (Å²) in [4.78, 5) is 24.1. The average molecular weight is 352 g/mol. The van der Waals surface area contributed by atoms with Crippen molar-refractivity contribution in [1.29, 1.82) is 0 Å².